The highest BCUT2D eigenvalue weighted by molar-refractivity contribution is 5.27. The molecule has 0 amide bonds. The lowest BCUT2D eigenvalue weighted by molar-refractivity contribution is 0.322. The first-order valence-electron chi connectivity index (χ1n) is 4.60. The summed E-state index contributed by atoms with van der Waals surface area (Å²) in [5.74, 6) is -1.19. The van der Waals surface area contributed by atoms with E-state index in [1.54, 1.807) is 6.92 Å². The summed E-state index contributed by atoms with van der Waals surface area (Å²) in [5, 5.41) is 0. The highest BCUT2D eigenvalue weighted by Crippen LogP contribution is 2.30. The largest absolute Gasteiger partial charge is 0.321 e. The molecule has 0 spiro atoms. The van der Waals surface area contributed by atoms with E-state index < -0.39 is 17.2 Å². The summed E-state index contributed by atoms with van der Waals surface area (Å²) in [7, 11) is 0. The van der Waals surface area contributed by atoms with Crippen molar-refractivity contribution < 1.29 is 8.78 Å². The maximum Gasteiger partial charge on any atom is 0.131 e. The molecule has 3 heteroatoms. The van der Waals surface area contributed by atoms with Crippen molar-refractivity contribution in [2.75, 3.05) is 0 Å². The first kappa shape index (κ1) is 11.1. The standard InChI is InChI=1S/C11H15F2N/c1-7(2)11(3,14)10-8(12)5-4-6-9(10)13/h4-7H,14H2,1-3H3/t11-/m0/s1. The topological polar surface area (TPSA) is 26.0 Å². The average Bonchev–Trinajstić information content (AvgIpc) is 2.02. The molecule has 1 atom stereocenters. The van der Waals surface area contributed by atoms with Crippen LogP contribution in [0.25, 0.3) is 0 Å². The van der Waals surface area contributed by atoms with E-state index in [-0.39, 0.29) is 11.5 Å². The number of hydrogen-bond acceptors (Lipinski definition) is 1. The number of hydrogen-bond donors (Lipinski definition) is 1. The monoisotopic (exact) mass is 199 g/mol. The van der Waals surface area contributed by atoms with Gasteiger partial charge in [-0.2, -0.15) is 0 Å². The van der Waals surface area contributed by atoms with Crippen molar-refractivity contribution in [1.82, 2.24) is 0 Å². The Kier molecular flexibility index (Phi) is 2.90. The van der Waals surface area contributed by atoms with Crippen LogP contribution in [0.2, 0.25) is 0 Å². The van der Waals surface area contributed by atoms with Crippen LogP contribution in [0.4, 0.5) is 8.78 Å². The van der Waals surface area contributed by atoms with Gasteiger partial charge in [0.25, 0.3) is 0 Å². The van der Waals surface area contributed by atoms with Gasteiger partial charge in [-0.05, 0) is 25.0 Å². The van der Waals surface area contributed by atoms with Crippen LogP contribution in [0, 0.1) is 17.6 Å². The number of halogens is 2. The van der Waals surface area contributed by atoms with E-state index in [9.17, 15) is 8.78 Å². The summed E-state index contributed by atoms with van der Waals surface area (Å²) < 4.78 is 26.8. The van der Waals surface area contributed by atoms with Crippen LogP contribution < -0.4 is 5.73 Å². The van der Waals surface area contributed by atoms with Gasteiger partial charge in [-0.3, -0.25) is 0 Å². The Bertz CT molecular complexity index is 312. The minimum absolute atomic E-state index is 0.0324. The molecule has 14 heavy (non-hydrogen) atoms. The zero-order chi connectivity index (χ0) is 10.9. The van der Waals surface area contributed by atoms with Gasteiger partial charge in [0.1, 0.15) is 11.6 Å². The van der Waals surface area contributed by atoms with E-state index in [0.717, 1.165) is 0 Å². The molecule has 0 heterocycles. The second-order valence-electron chi connectivity index (χ2n) is 4.03. The van der Waals surface area contributed by atoms with Crippen molar-refractivity contribution in [2.45, 2.75) is 26.3 Å². The first-order chi connectivity index (χ1) is 6.37. The maximum atomic E-state index is 13.4. The van der Waals surface area contributed by atoms with Gasteiger partial charge >= 0.3 is 0 Å². The van der Waals surface area contributed by atoms with Crippen molar-refractivity contribution >= 4 is 0 Å². The van der Waals surface area contributed by atoms with Crippen LogP contribution in [0.15, 0.2) is 18.2 Å². The second kappa shape index (κ2) is 3.65. The van der Waals surface area contributed by atoms with E-state index in [4.69, 9.17) is 5.73 Å². The minimum atomic E-state index is -0.977. The molecular weight excluding hydrogens is 184 g/mol. The molecule has 2 N–H and O–H groups in total. The van der Waals surface area contributed by atoms with Crippen LogP contribution >= 0.6 is 0 Å². The van der Waals surface area contributed by atoms with Crippen molar-refractivity contribution in [3.05, 3.63) is 35.4 Å². The van der Waals surface area contributed by atoms with Crippen LogP contribution in [-0.2, 0) is 5.54 Å². The quantitative estimate of drug-likeness (QED) is 0.778. The number of rotatable bonds is 2. The van der Waals surface area contributed by atoms with Crippen LogP contribution in [0.3, 0.4) is 0 Å². The molecule has 0 aliphatic rings. The molecule has 0 radical (unpaired) electrons. The third-order valence-corrected chi connectivity index (χ3v) is 2.70. The van der Waals surface area contributed by atoms with Crippen molar-refractivity contribution in [2.24, 2.45) is 11.7 Å². The van der Waals surface area contributed by atoms with Gasteiger partial charge < -0.3 is 5.73 Å². The summed E-state index contributed by atoms with van der Waals surface area (Å²) in [6.45, 7) is 5.32. The van der Waals surface area contributed by atoms with E-state index >= 15 is 0 Å². The third kappa shape index (κ3) is 1.77. The Labute approximate surface area is 82.9 Å². The number of nitrogens with two attached hydrogens (primary N) is 1. The minimum Gasteiger partial charge on any atom is -0.321 e. The van der Waals surface area contributed by atoms with Crippen LogP contribution in [-0.4, -0.2) is 0 Å². The fourth-order valence-electron chi connectivity index (χ4n) is 1.30. The van der Waals surface area contributed by atoms with Gasteiger partial charge in [0.05, 0.1) is 0 Å². The molecular formula is C11H15F2N. The van der Waals surface area contributed by atoms with Gasteiger partial charge in [0.15, 0.2) is 0 Å². The molecule has 1 nitrogen and oxygen atoms in total. The molecule has 0 saturated carbocycles. The van der Waals surface area contributed by atoms with E-state index in [1.807, 2.05) is 13.8 Å². The highest BCUT2D eigenvalue weighted by atomic mass is 19.1. The van der Waals surface area contributed by atoms with Crippen molar-refractivity contribution in [3.63, 3.8) is 0 Å². The molecule has 78 valence electrons. The van der Waals surface area contributed by atoms with Gasteiger partial charge in [0.2, 0.25) is 0 Å². The van der Waals surface area contributed by atoms with Crippen LogP contribution in [0.1, 0.15) is 26.3 Å². The van der Waals surface area contributed by atoms with Crippen molar-refractivity contribution in [1.29, 1.82) is 0 Å². The van der Waals surface area contributed by atoms with Gasteiger partial charge in [-0.25, -0.2) is 8.78 Å². The molecule has 0 aromatic heterocycles. The Hall–Kier alpha value is -0.960. The average molecular weight is 199 g/mol. The summed E-state index contributed by atoms with van der Waals surface area (Å²) in [6, 6.07) is 3.79. The molecule has 0 bridgehead atoms. The summed E-state index contributed by atoms with van der Waals surface area (Å²) in [6.07, 6.45) is 0. The Morgan fingerprint density at radius 3 is 2.00 bits per heavy atom. The highest BCUT2D eigenvalue weighted by Gasteiger charge is 2.31. The third-order valence-electron chi connectivity index (χ3n) is 2.70. The predicted molar refractivity (Wildman–Crippen MR) is 52.7 cm³/mol. The Morgan fingerprint density at radius 1 is 1.21 bits per heavy atom. The normalized spacial score (nSPS) is 15.6. The molecule has 1 aromatic carbocycles. The van der Waals surface area contributed by atoms with Gasteiger partial charge in [-0.1, -0.05) is 19.9 Å². The van der Waals surface area contributed by atoms with E-state index in [1.165, 1.54) is 18.2 Å². The number of benzene rings is 1. The fraction of sp³-hybridized carbons (Fsp3) is 0.455. The van der Waals surface area contributed by atoms with Gasteiger partial charge in [-0.15, -0.1) is 0 Å². The van der Waals surface area contributed by atoms with E-state index in [2.05, 4.69) is 0 Å². The van der Waals surface area contributed by atoms with Gasteiger partial charge in [0, 0.05) is 11.1 Å². The zero-order valence-corrected chi connectivity index (χ0v) is 8.64. The maximum absolute atomic E-state index is 13.4. The molecule has 1 aromatic rings. The second-order valence-corrected chi connectivity index (χ2v) is 4.03. The molecule has 0 saturated heterocycles. The summed E-state index contributed by atoms with van der Waals surface area (Å²) >= 11 is 0. The summed E-state index contributed by atoms with van der Waals surface area (Å²) in [5.41, 5.74) is 4.89. The first-order valence-corrected chi connectivity index (χ1v) is 4.60. The molecule has 0 aliphatic heterocycles. The Morgan fingerprint density at radius 2 is 1.64 bits per heavy atom. The molecule has 0 fully saturated rings. The summed E-state index contributed by atoms with van der Waals surface area (Å²) in [4.78, 5) is 0. The molecule has 0 unspecified atom stereocenters. The SMILES string of the molecule is CC(C)[C@](C)(N)c1c(F)cccc1F. The lowest BCUT2D eigenvalue weighted by atomic mass is 9.82. The lowest BCUT2D eigenvalue weighted by Gasteiger charge is -2.30. The van der Waals surface area contributed by atoms with Crippen molar-refractivity contribution in [3.8, 4) is 0 Å². The molecule has 0 aliphatic carbocycles. The lowest BCUT2D eigenvalue weighted by Crippen LogP contribution is -2.40. The van der Waals surface area contributed by atoms with Crippen LogP contribution in [0.5, 0.6) is 0 Å². The van der Waals surface area contributed by atoms with E-state index in [0.29, 0.717) is 0 Å². The fourth-order valence-corrected chi connectivity index (χ4v) is 1.30. The molecule has 1 rings (SSSR count). The smallest absolute Gasteiger partial charge is 0.131 e. The predicted octanol–water partition coefficient (Wildman–Crippen LogP) is 2.79. The Balaban J connectivity index is 3.31. The zero-order valence-electron chi connectivity index (χ0n) is 8.64.